The zero-order valence-corrected chi connectivity index (χ0v) is 15.0. The number of carbonyl (C=O) groups is 2. The van der Waals surface area contributed by atoms with Gasteiger partial charge in [-0.15, -0.1) is 0 Å². The van der Waals surface area contributed by atoms with Gasteiger partial charge in [-0.3, -0.25) is 4.79 Å². The van der Waals surface area contributed by atoms with Crippen molar-refractivity contribution in [2.24, 2.45) is 0 Å². The van der Waals surface area contributed by atoms with Gasteiger partial charge in [0.15, 0.2) is 0 Å². The van der Waals surface area contributed by atoms with E-state index in [0.29, 0.717) is 10.6 Å². The zero-order chi connectivity index (χ0) is 17.3. The molecule has 0 radical (unpaired) electrons. The van der Waals surface area contributed by atoms with Gasteiger partial charge in [-0.1, -0.05) is 51.8 Å². The van der Waals surface area contributed by atoms with E-state index >= 15 is 0 Å². The van der Waals surface area contributed by atoms with Crippen molar-refractivity contribution in [1.29, 1.82) is 0 Å². The summed E-state index contributed by atoms with van der Waals surface area (Å²) in [7, 11) is 0. The normalized spacial score (nSPS) is 18.9. The molecule has 24 heavy (non-hydrogen) atoms. The first-order chi connectivity index (χ1) is 11.4. The van der Waals surface area contributed by atoms with Crippen LogP contribution in [0, 0.1) is 0 Å². The van der Waals surface area contributed by atoms with Crippen molar-refractivity contribution in [3.63, 3.8) is 0 Å². The predicted octanol–water partition coefficient (Wildman–Crippen LogP) is 3.38. The molecule has 2 N–H and O–H groups in total. The van der Waals surface area contributed by atoms with E-state index in [1.54, 1.807) is 24.3 Å². The number of carbonyl (C=O) groups excluding carboxylic acids is 1. The minimum Gasteiger partial charge on any atom is -0.479 e. The summed E-state index contributed by atoms with van der Waals surface area (Å²) < 4.78 is 0.893. The van der Waals surface area contributed by atoms with Gasteiger partial charge in [0.25, 0.3) is 0 Å². The maximum atomic E-state index is 12.4. The van der Waals surface area contributed by atoms with Gasteiger partial charge in [-0.2, -0.15) is 0 Å². The first-order valence-electron chi connectivity index (χ1n) is 7.45. The van der Waals surface area contributed by atoms with Crippen LogP contribution >= 0.6 is 27.5 Å². The first-order valence-corrected chi connectivity index (χ1v) is 8.62. The number of rotatable bonds is 4. The number of benzene rings is 2. The van der Waals surface area contributed by atoms with Crippen LogP contribution in [0.3, 0.4) is 0 Å². The van der Waals surface area contributed by atoms with Crippen molar-refractivity contribution >= 4 is 39.4 Å². The molecule has 4 nitrogen and oxygen atoms in total. The second-order valence-corrected chi connectivity index (χ2v) is 7.29. The fourth-order valence-electron chi connectivity index (χ4n) is 3.06. The summed E-state index contributed by atoms with van der Waals surface area (Å²) in [5.41, 5.74) is 1.25. The fraction of sp³-hybridized carbons (Fsp3) is 0.222. The first kappa shape index (κ1) is 17.0. The number of hydrogen-bond donors (Lipinski definition) is 2. The number of fused-ring (bicyclic) bond motifs is 1. The molecule has 1 aliphatic rings. The van der Waals surface area contributed by atoms with Gasteiger partial charge in [-0.25, -0.2) is 4.79 Å². The van der Waals surface area contributed by atoms with Gasteiger partial charge >= 0.3 is 5.97 Å². The number of nitrogens with one attached hydrogen (secondary N) is 1. The molecule has 124 valence electrons. The summed E-state index contributed by atoms with van der Waals surface area (Å²) in [5.74, 6) is -1.38. The van der Waals surface area contributed by atoms with Crippen molar-refractivity contribution < 1.29 is 14.7 Å². The Morgan fingerprint density at radius 3 is 2.58 bits per heavy atom. The Kier molecular flexibility index (Phi) is 4.65. The number of aliphatic carboxylic acids is 1. The van der Waals surface area contributed by atoms with Crippen molar-refractivity contribution in [2.75, 3.05) is 0 Å². The lowest BCUT2D eigenvalue weighted by atomic mass is 9.95. The maximum Gasteiger partial charge on any atom is 0.330 e. The lowest BCUT2D eigenvalue weighted by molar-refractivity contribution is -0.147. The molecule has 1 aliphatic carbocycles. The average Bonchev–Trinajstić information content (AvgIpc) is 2.88. The van der Waals surface area contributed by atoms with Crippen LogP contribution in [-0.2, 0) is 28.9 Å². The van der Waals surface area contributed by atoms with Crippen LogP contribution in [0.2, 0.25) is 5.02 Å². The van der Waals surface area contributed by atoms with Gasteiger partial charge in [0.2, 0.25) is 5.91 Å². The minimum atomic E-state index is -1.30. The smallest absolute Gasteiger partial charge is 0.330 e. The summed E-state index contributed by atoms with van der Waals surface area (Å²) in [5, 5.41) is 12.9. The zero-order valence-electron chi connectivity index (χ0n) is 12.7. The number of halogens is 2. The molecular formula is C18H15BrClNO3. The summed E-state index contributed by atoms with van der Waals surface area (Å²) in [6.07, 6.45) is 0.597. The van der Waals surface area contributed by atoms with Crippen LogP contribution < -0.4 is 5.32 Å². The van der Waals surface area contributed by atoms with E-state index in [1.165, 1.54) is 0 Å². The van der Waals surface area contributed by atoms with Gasteiger partial charge in [0.1, 0.15) is 5.54 Å². The number of amides is 1. The van der Waals surface area contributed by atoms with Crippen LogP contribution in [0.4, 0.5) is 0 Å². The summed E-state index contributed by atoms with van der Waals surface area (Å²) in [4.78, 5) is 24.3. The Labute approximate surface area is 153 Å². The maximum absolute atomic E-state index is 12.4. The molecule has 0 heterocycles. The van der Waals surface area contributed by atoms with Gasteiger partial charge in [0, 0.05) is 22.3 Å². The highest BCUT2D eigenvalue weighted by Crippen LogP contribution is 2.32. The molecule has 0 aromatic heterocycles. The van der Waals surface area contributed by atoms with Crippen molar-refractivity contribution in [3.8, 4) is 0 Å². The van der Waals surface area contributed by atoms with E-state index in [0.717, 1.165) is 15.6 Å². The van der Waals surface area contributed by atoms with E-state index in [4.69, 9.17) is 11.6 Å². The molecule has 1 amide bonds. The number of carboxylic acid groups (broad SMARTS) is 1. The van der Waals surface area contributed by atoms with E-state index in [2.05, 4.69) is 21.2 Å². The Bertz CT molecular complexity index is 824. The molecule has 0 fully saturated rings. The molecule has 3 rings (SSSR count). The highest BCUT2D eigenvalue weighted by molar-refractivity contribution is 9.10. The molecular weight excluding hydrogens is 394 g/mol. The van der Waals surface area contributed by atoms with E-state index in [-0.39, 0.29) is 25.2 Å². The Morgan fingerprint density at radius 1 is 1.17 bits per heavy atom. The third-order valence-corrected chi connectivity index (χ3v) is 5.11. The van der Waals surface area contributed by atoms with Crippen LogP contribution in [-0.4, -0.2) is 22.5 Å². The Hall–Kier alpha value is -1.85. The Morgan fingerprint density at radius 2 is 1.88 bits per heavy atom. The third-order valence-electron chi connectivity index (χ3n) is 4.25. The molecule has 6 heteroatoms. The second-order valence-electron chi connectivity index (χ2n) is 5.97. The highest BCUT2D eigenvalue weighted by Gasteiger charge is 2.45. The molecule has 1 atom stereocenters. The lowest BCUT2D eigenvalue weighted by Gasteiger charge is -2.25. The molecule has 0 saturated heterocycles. The minimum absolute atomic E-state index is 0.0503. The molecule has 0 spiro atoms. The molecule has 0 aliphatic heterocycles. The topological polar surface area (TPSA) is 66.4 Å². The SMILES string of the molecule is O=C(Cc1ccccc1Cl)NC1(C(=O)O)Cc2ccc(Br)cc2C1. The van der Waals surface area contributed by atoms with Crippen molar-refractivity contribution in [3.05, 3.63) is 68.7 Å². The number of hydrogen-bond acceptors (Lipinski definition) is 2. The predicted molar refractivity (Wildman–Crippen MR) is 95.2 cm³/mol. The van der Waals surface area contributed by atoms with E-state index < -0.39 is 11.5 Å². The van der Waals surface area contributed by atoms with Crippen molar-refractivity contribution in [1.82, 2.24) is 5.32 Å². The van der Waals surface area contributed by atoms with Crippen LogP contribution in [0.15, 0.2) is 46.9 Å². The highest BCUT2D eigenvalue weighted by atomic mass is 79.9. The molecule has 2 aromatic carbocycles. The molecule has 2 aromatic rings. The van der Waals surface area contributed by atoms with Gasteiger partial charge in [0.05, 0.1) is 6.42 Å². The standard InChI is InChI=1S/C18H15BrClNO3/c19-14-6-5-12-9-18(17(23)24,10-13(12)7-14)21-16(22)8-11-3-1-2-4-15(11)20/h1-7H,8-10H2,(H,21,22)(H,23,24). The lowest BCUT2D eigenvalue weighted by Crippen LogP contribution is -2.55. The Balaban J connectivity index is 1.80. The summed E-state index contributed by atoms with van der Waals surface area (Å²) in [6, 6.07) is 12.7. The van der Waals surface area contributed by atoms with Gasteiger partial charge < -0.3 is 10.4 Å². The fourth-order valence-corrected chi connectivity index (χ4v) is 3.67. The quantitative estimate of drug-likeness (QED) is 0.815. The van der Waals surface area contributed by atoms with Crippen LogP contribution in [0.1, 0.15) is 16.7 Å². The van der Waals surface area contributed by atoms with Crippen LogP contribution in [0.5, 0.6) is 0 Å². The van der Waals surface area contributed by atoms with E-state index in [9.17, 15) is 14.7 Å². The van der Waals surface area contributed by atoms with Gasteiger partial charge in [-0.05, 0) is 34.9 Å². The summed E-state index contributed by atoms with van der Waals surface area (Å²) in [6.45, 7) is 0. The molecule has 1 unspecified atom stereocenters. The van der Waals surface area contributed by atoms with Crippen LogP contribution in [0.25, 0.3) is 0 Å². The van der Waals surface area contributed by atoms with Crippen molar-refractivity contribution in [2.45, 2.75) is 24.8 Å². The summed E-state index contributed by atoms with van der Waals surface area (Å²) >= 11 is 9.46. The number of carboxylic acids is 1. The van der Waals surface area contributed by atoms with E-state index in [1.807, 2.05) is 18.2 Å². The largest absolute Gasteiger partial charge is 0.479 e. The molecule has 0 saturated carbocycles. The molecule has 0 bridgehead atoms. The second kappa shape index (κ2) is 6.57. The third kappa shape index (κ3) is 3.32. The monoisotopic (exact) mass is 407 g/mol. The average molecular weight is 409 g/mol.